The van der Waals surface area contributed by atoms with Crippen LogP contribution in [0.3, 0.4) is 0 Å². The smallest absolute Gasteiger partial charge is 0.129 e. The number of hydrogen-bond donors (Lipinski definition) is 0. The fourth-order valence-electron chi connectivity index (χ4n) is 2.50. The Hall–Kier alpha value is -0.330. The highest BCUT2D eigenvalue weighted by molar-refractivity contribution is 5.75. The molecule has 0 heterocycles. The molecule has 0 N–H and O–H groups in total. The van der Waals surface area contributed by atoms with E-state index in [1.807, 2.05) is 13.8 Å². The molecule has 0 aliphatic heterocycles. The van der Waals surface area contributed by atoms with Gasteiger partial charge in [0.05, 0.1) is 0 Å². The summed E-state index contributed by atoms with van der Waals surface area (Å²) < 4.78 is 0. The molecule has 0 saturated heterocycles. The van der Waals surface area contributed by atoms with E-state index in [2.05, 4.69) is 34.6 Å². The lowest BCUT2D eigenvalue weighted by Crippen LogP contribution is -2.20. The van der Waals surface area contributed by atoms with Gasteiger partial charge in [0, 0.05) is 6.42 Å². The molecule has 0 aromatic heterocycles. The number of ketones is 1. The molecule has 0 amide bonds. The summed E-state index contributed by atoms with van der Waals surface area (Å²) >= 11 is 0. The van der Waals surface area contributed by atoms with Gasteiger partial charge in [0.25, 0.3) is 0 Å². The topological polar surface area (TPSA) is 17.1 Å². The van der Waals surface area contributed by atoms with E-state index in [0.29, 0.717) is 16.6 Å². The van der Waals surface area contributed by atoms with E-state index < -0.39 is 0 Å². The molecule has 1 heteroatoms. The Bertz CT molecular complexity index is 196. The SMILES string of the molecule is CC.CC(=O)CCCCC(C)(C)CC(C)(C)C. The second kappa shape index (κ2) is 8.72. The highest BCUT2D eigenvalue weighted by atomic mass is 16.1. The molecule has 0 aromatic carbocycles. The van der Waals surface area contributed by atoms with Gasteiger partial charge in [-0.1, -0.05) is 54.9 Å². The molecular weight excluding hydrogens is 208 g/mol. The molecule has 0 atom stereocenters. The zero-order valence-corrected chi connectivity index (χ0v) is 13.4. The lowest BCUT2D eigenvalue weighted by atomic mass is 9.73. The number of hydrogen-bond acceptors (Lipinski definition) is 1. The Labute approximate surface area is 109 Å². The number of carbonyl (C=O) groups excluding carboxylic acids is 1. The zero-order chi connectivity index (χ0) is 14.1. The molecule has 0 radical (unpaired) electrons. The van der Waals surface area contributed by atoms with Crippen LogP contribution in [0.1, 0.15) is 87.5 Å². The summed E-state index contributed by atoms with van der Waals surface area (Å²) in [5, 5.41) is 0. The summed E-state index contributed by atoms with van der Waals surface area (Å²) in [5.41, 5.74) is 0.819. The largest absolute Gasteiger partial charge is 0.300 e. The van der Waals surface area contributed by atoms with Crippen molar-refractivity contribution in [3.63, 3.8) is 0 Å². The van der Waals surface area contributed by atoms with E-state index >= 15 is 0 Å². The molecule has 0 aliphatic rings. The van der Waals surface area contributed by atoms with Crippen molar-refractivity contribution in [2.24, 2.45) is 10.8 Å². The van der Waals surface area contributed by atoms with Crippen LogP contribution in [-0.4, -0.2) is 5.78 Å². The predicted molar refractivity (Wildman–Crippen MR) is 78.4 cm³/mol. The Kier molecular flexibility index (Phi) is 9.75. The molecule has 0 fully saturated rings. The first-order valence-electron chi connectivity index (χ1n) is 7.12. The van der Waals surface area contributed by atoms with Crippen LogP contribution in [-0.2, 0) is 4.79 Å². The molecule has 104 valence electrons. The Morgan fingerprint density at radius 3 is 1.76 bits per heavy atom. The van der Waals surface area contributed by atoms with Gasteiger partial charge >= 0.3 is 0 Å². The van der Waals surface area contributed by atoms with E-state index in [0.717, 1.165) is 12.8 Å². The second-order valence-corrected chi connectivity index (χ2v) is 6.81. The monoisotopic (exact) mass is 242 g/mol. The van der Waals surface area contributed by atoms with Crippen molar-refractivity contribution < 1.29 is 4.79 Å². The highest BCUT2D eigenvalue weighted by Gasteiger charge is 2.24. The van der Waals surface area contributed by atoms with Crippen LogP contribution in [0.15, 0.2) is 0 Å². The molecule has 0 spiro atoms. The molecule has 0 bridgehead atoms. The molecule has 0 unspecified atom stereocenters. The summed E-state index contributed by atoms with van der Waals surface area (Å²) in [5.74, 6) is 0.323. The standard InChI is InChI=1S/C14H28O.C2H6/c1-12(15)9-7-8-10-14(5,6)11-13(2,3)4;1-2/h7-11H2,1-6H3;1-2H3. The van der Waals surface area contributed by atoms with Gasteiger partial charge in [-0.2, -0.15) is 0 Å². The van der Waals surface area contributed by atoms with E-state index in [1.165, 1.54) is 19.3 Å². The minimum absolute atomic E-state index is 0.323. The Morgan fingerprint density at radius 1 is 0.941 bits per heavy atom. The normalized spacial score (nSPS) is 11.8. The third-order valence-electron chi connectivity index (χ3n) is 2.64. The van der Waals surface area contributed by atoms with Gasteiger partial charge in [-0.3, -0.25) is 0 Å². The van der Waals surface area contributed by atoms with Crippen molar-refractivity contribution in [2.45, 2.75) is 87.5 Å². The maximum Gasteiger partial charge on any atom is 0.129 e. The van der Waals surface area contributed by atoms with Crippen LogP contribution in [0, 0.1) is 10.8 Å². The minimum atomic E-state index is 0.323. The summed E-state index contributed by atoms with van der Waals surface area (Å²) in [4.78, 5) is 10.8. The van der Waals surface area contributed by atoms with Gasteiger partial charge in [-0.15, -0.1) is 0 Å². The fourth-order valence-corrected chi connectivity index (χ4v) is 2.50. The lowest BCUT2D eigenvalue weighted by molar-refractivity contribution is -0.117. The maximum absolute atomic E-state index is 10.8. The van der Waals surface area contributed by atoms with Crippen LogP contribution in [0.25, 0.3) is 0 Å². The number of unbranched alkanes of at least 4 members (excludes halogenated alkanes) is 1. The zero-order valence-electron chi connectivity index (χ0n) is 13.4. The molecule has 0 aromatic rings. The van der Waals surface area contributed by atoms with E-state index in [-0.39, 0.29) is 0 Å². The lowest BCUT2D eigenvalue weighted by Gasteiger charge is -2.32. The number of Topliss-reactive ketones (excluding diaryl/α,β-unsaturated/α-hetero) is 1. The quantitative estimate of drug-likeness (QED) is 0.552. The summed E-state index contributed by atoms with van der Waals surface area (Å²) in [6.45, 7) is 17.2. The van der Waals surface area contributed by atoms with Gasteiger partial charge in [-0.25, -0.2) is 0 Å². The van der Waals surface area contributed by atoms with Crippen LogP contribution >= 0.6 is 0 Å². The summed E-state index contributed by atoms with van der Waals surface area (Å²) in [6.07, 6.45) is 5.48. The van der Waals surface area contributed by atoms with Crippen molar-refractivity contribution in [3.05, 3.63) is 0 Å². The number of carbonyl (C=O) groups is 1. The van der Waals surface area contributed by atoms with Crippen molar-refractivity contribution in [3.8, 4) is 0 Å². The molecule has 1 nitrogen and oxygen atoms in total. The third kappa shape index (κ3) is 15.7. The average molecular weight is 242 g/mol. The van der Waals surface area contributed by atoms with Gasteiger partial charge < -0.3 is 4.79 Å². The summed E-state index contributed by atoms with van der Waals surface area (Å²) in [7, 11) is 0. The third-order valence-corrected chi connectivity index (χ3v) is 2.64. The van der Waals surface area contributed by atoms with Gasteiger partial charge in [0.15, 0.2) is 0 Å². The van der Waals surface area contributed by atoms with Gasteiger partial charge in [-0.05, 0) is 37.0 Å². The first-order chi connectivity index (χ1) is 7.62. The fraction of sp³-hybridized carbons (Fsp3) is 0.938. The van der Waals surface area contributed by atoms with Crippen LogP contribution in [0.4, 0.5) is 0 Å². The molecule has 0 rings (SSSR count). The molecule has 0 saturated carbocycles. The predicted octanol–water partition coefficient (Wildman–Crippen LogP) is 5.62. The van der Waals surface area contributed by atoms with Crippen LogP contribution in [0.5, 0.6) is 0 Å². The van der Waals surface area contributed by atoms with E-state index in [1.54, 1.807) is 6.92 Å². The summed E-state index contributed by atoms with van der Waals surface area (Å²) in [6, 6.07) is 0. The molecular formula is C16H34O. The molecule has 0 aliphatic carbocycles. The van der Waals surface area contributed by atoms with Gasteiger partial charge in [0.1, 0.15) is 5.78 Å². The average Bonchev–Trinajstić information content (AvgIpc) is 2.12. The maximum atomic E-state index is 10.8. The van der Waals surface area contributed by atoms with E-state index in [4.69, 9.17) is 0 Å². The first-order valence-corrected chi connectivity index (χ1v) is 7.12. The second-order valence-electron chi connectivity index (χ2n) is 6.81. The van der Waals surface area contributed by atoms with Crippen molar-refractivity contribution >= 4 is 5.78 Å². The first kappa shape index (κ1) is 19.0. The van der Waals surface area contributed by atoms with Crippen molar-refractivity contribution in [1.29, 1.82) is 0 Å². The number of rotatable bonds is 6. The minimum Gasteiger partial charge on any atom is -0.300 e. The van der Waals surface area contributed by atoms with Crippen LogP contribution in [0.2, 0.25) is 0 Å². The Balaban J connectivity index is 0. The highest BCUT2D eigenvalue weighted by Crippen LogP contribution is 2.36. The van der Waals surface area contributed by atoms with Crippen molar-refractivity contribution in [2.75, 3.05) is 0 Å². The van der Waals surface area contributed by atoms with Crippen molar-refractivity contribution in [1.82, 2.24) is 0 Å². The Morgan fingerprint density at radius 2 is 1.41 bits per heavy atom. The van der Waals surface area contributed by atoms with Gasteiger partial charge in [0.2, 0.25) is 0 Å². The molecule has 17 heavy (non-hydrogen) atoms. The van der Waals surface area contributed by atoms with Crippen LogP contribution < -0.4 is 0 Å². The van der Waals surface area contributed by atoms with E-state index in [9.17, 15) is 4.79 Å².